The van der Waals surface area contributed by atoms with E-state index in [0.29, 0.717) is 12.0 Å². The summed E-state index contributed by atoms with van der Waals surface area (Å²) in [5, 5.41) is 0. The summed E-state index contributed by atoms with van der Waals surface area (Å²) in [5.74, 6) is 1.38. The summed E-state index contributed by atoms with van der Waals surface area (Å²) in [6, 6.07) is 0. The number of hydrogen-bond donors (Lipinski definition) is 0. The van der Waals surface area contributed by atoms with Gasteiger partial charge in [-0.2, -0.15) is 0 Å². The van der Waals surface area contributed by atoms with Gasteiger partial charge in [-0.3, -0.25) is 9.88 Å². The molecule has 3 fully saturated rings. The molecule has 4 heterocycles. The third-order valence-electron chi connectivity index (χ3n) is 3.41. The molecule has 4 nitrogen and oxygen atoms in total. The molecule has 3 saturated heterocycles. The van der Waals surface area contributed by atoms with Gasteiger partial charge in [0.15, 0.2) is 0 Å². The topological polar surface area (TPSA) is 38.2 Å². The van der Waals surface area contributed by atoms with E-state index in [-0.39, 0.29) is 0 Å². The zero-order chi connectivity index (χ0) is 10.1. The lowest BCUT2D eigenvalue weighted by Crippen LogP contribution is -2.52. The second-order valence-corrected chi connectivity index (χ2v) is 4.34. The van der Waals surface area contributed by atoms with E-state index in [1.54, 1.807) is 18.6 Å². The molecular weight excluding hydrogens is 190 g/mol. The number of rotatable bonds is 2. The normalized spacial score (nSPS) is 34.0. The molecule has 80 valence electrons. The molecule has 0 aliphatic carbocycles. The second-order valence-electron chi connectivity index (χ2n) is 4.34. The van der Waals surface area contributed by atoms with Gasteiger partial charge in [0, 0.05) is 18.9 Å². The van der Waals surface area contributed by atoms with E-state index in [2.05, 4.69) is 14.9 Å². The number of piperidine rings is 3. The summed E-state index contributed by atoms with van der Waals surface area (Å²) in [4.78, 5) is 10.6. The van der Waals surface area contributed by atoms with Gasteiger partial charge in [-0.15, -0.1) is 0 Å². The van der Waals surface area contributed by atoms with E-state index in [1.165, 1.54) is 25.9 Å². The van der Waals surface area contributed by atoms with Gasteiger partial charge in [-0.1, -0.05) is 0 Å². The van der Waals surface area contributed by atoms with E-state index >= 15 is 0 Å². The van der Waals surface area contributed by atoms with Crippen LogP contribution in [0.25, 0.3) is 0 Å². The van der Waals surface area contributed by atoms with E-state index in [9.17, 15) is 0 Å². The Bertz CT molecular complexity index is 322. The monoisotopic (exact) mass is 205 g/mol. The average Bonchev–Trinajstić information content (AvgIpc) is 2.32. The van der Waals surface area contributed by atoms with Crippen molar-refractivity contribution in [2.45, 2.75) is 18.9 Å². The van der Waals surface area contributed by atoms with E-state index in [4.69, 9.17) is 4.74 Å². The molecule has 1 aromatic heterocycles. The number of hydrogen-bond acceptors (Lipinski definition) is 4. The maximum absolute atomic E-state index is 5.87. The second kappa shape index (κ2) is 3.77. The molecule has 3 aliphatic heterocycles. The molecule has 1 aromatic rings. The summed E-state index contributed by atoms with van der Waals surface area (Å²) in [6.45, 7) is 3.54. The number of nitrogens with zero attached hydrogens (tertiary/aromatic N) is 3. The van der Waals surface area contributed by atoms with Crippen LogP contribution in [0.4, 0.5) is 0 Å². The van der Waals surface area contributed by atoms with Crippen molar-refractivity contribution in [2.75, 3.05) is 19.6 Å². The molecule has 0 radical (unpaired) electrons. The molecule has 0 spiro atoms. The van der Waals surface area contributed by atoms with E-state index in [1.807, 2.05) is 0 Å². The standard InChI is InChI=1S/C11H15N3O/c1-5-14-6-2-9(1)10(8-14)15-11-7-12-3-4-13-11/h3-4,7,9-10H,1-2,5-6,8H2. The fraction of sp³-hybridized carbons (Fsp3) is 0.636. The first-order valence-electron chi connectivity index (χ1n) is 5.57. The first kappa shape index (κ1) is 9.09. The summed E-state index contributed by atoms with van der Waals surface area (Å²) in [6.07, 6.45) is 7.90. The molecule has 4 rings (SSSR count). The third-order valence-corrected chi connectivity index (χ3v) is 3.41. The van der Waals surface area contributed by atoms with Crippen molar-refractivity contribution in [1.29, 1.82) is 0 Å². The first-order valence-corrected chi connectivity index (χ1v) is 5.57. The van der Waals surface area contributed by atoms with Gasteiger partial charge in [0.1, 0.15) is 6.10 Å². The maximum Gasteiger partial charge on any atom is 0.232 e. The van der Waals surface area contributed by atoms with Crippen LogP contribution in [-0.4, -0.2) is 40.6 Å². The van der Waals surface area contributed by atoms with Crippen molar-refractivity contribution < 1.29 is 4.74 Å². The molecule has 4 heteroatoms. The molecule has 0 saturated carbocycles. The van der Waals surface area contributed by atoms with Gasteiger partial charge in [0.05, 0.1) is 6.20 Å². The molecule has 0 amide bonds. The van der Waals surface area contributed by atoms with Gasteiger partial charge < -0.3 is 4.74 Å². The Labute approximate surface area is 89.3 Å². The molecular formula is C11H15N3O. The van der Waals surface area contributed by atoms with Crippen LogP contribution in [0, 0.1) is 5.92 Å². The highest BCUT2D eigenvalue weighted by molar-refractivity contribution is 5.03. The van der Waals surface area contributed by atoms with Crippen LogP contribution in [-0.2, 0) is 0 Å². The van der Waals surface area contributed by atoms with Crippen LogP contribution >= 0.6 is 0 Å². The quantitative estimate of drug-likeness (QED) is 0.720. The van der Waals surface area contributed by atoms with Gasteiger partial charge in [0.2, 0.25) is 5.88 Å². The predicted octanol–water partition coefficient (Wildman–Crippen LogP) is 0.950. The summed E-state index contributed by atoms with van der Waals surface area (Å²) >= 11 is 0. The van der Waals surface area contributed by atoms with Crippen LogP contribution in [0.5, 0.6) is 5.88 Å². The smallest absolute Gasteiger partial charge is 0.232 e. The Morgan fingerprint density at radius 3 is 2.73 bits per heavy atom. The Morgan fingerprint density at radius 1 is 1.27 bits per heavy atom. The highest BCUT2D eigenvalue weighted by atomic mass is 16.5. The average molecular weight is 205 g/mol. The van der Waals surface area contributed by atoms with Gasteiger partial charge in [0.25, 0.3) is 0 Å². The summed E-state index contributed by atoms with van der Waals surface area (Å²) in [7, 11) is 0. The van der Waals surface area contributed by atoms with Crippen molar-refractivity contribution in [2.24, 2.45) is 5.92 Å². The molecule has 15 heavy (non-hydrogen) atoms. The Morgan fingerprint density at radius 2 is 2.13 bits per heavy atom. The lowest BCUT2D eigenvalue weighted by molar-refractivity contribution is -0.0101. The van der Waals surface area contributed by atoms with Crippen molar-refractivity contribution in [3.63, 3.8) is 0 Å². The maximum atomic E-state index is 5.87. The molecule has 1 atom stereocenters. The zero-order valence-corrected chi connectivity index (χ0v) is 8.67. The van der Waals surface area contributed by atoms with Crippen molar-refractivity contribution >= 4 is 0 Å². The van der Waals surface area contributed by atoms with Crippen molar-refractivity contribution in [3.8, 4) is 5.88 Å². The van der Waals surface area contributed by atoms with Crippen LogP contribution in [0.1, 0.15) is 12.8 Å². The van der Waals surface area contributed by atoms with Gasteiger partial charge in [-0.25, -0.2) is 4.98 Å². The van der Waals surface area contributed by atoms with Crippen LogP contribution in [0.2, 0.25) is 0 Å². The summed E-state index contributed by atoms with van der Waals surface area (Å²) in [5.41, 5.74) is 0. The molecule has 2 bridgehead atoms. The fourth-order valence-electron chi connectivity index (χ4n) is 2.55. The lowest BCUT2D eigenvalue weighted by Gasteiger charge is -2.44. The Kier molecular flexibility index (Phi) is 2.29. The SMILES string of the molecule is c1cnc(OC2CN3CCC2CC3)cn1. The number of aromatic nitrogens is 2. The molecule has 1 unspecified atom stereocenters. The lowest BCUT2D eigenvalue weighted by atomic mass is 9.86. The van der Waals surface area contributed by atoms with Crippen LogP contribution in [0.3, 0.4) is 0 Å². The highest BCUT2D eigenvalue weighted by Crippen LogP contribution is 2.29. The van der Waals surface area contributed by atoms with Crippen LogP contribution in [0.15, 0.2) is 18.6 Å². The zero-order valence-electron chi connectivity index (χ0n) is 8.67. The molecule has 0 N–H and O–H groups in total. The summed E-state index contributed by atoms with van der Waals surface area (Å²) < 4.78 is 5.87. The predicted molar refractivity (Wildman–Crippen MR) is 55.6 cm³/mol. The van der Waals surface area contributed by atoms with Crippen LogP contribution < -0.4 is 4.74 Å². The number of ether oxygens (including phenoxy) is 1. The van der Waals surface area contributed by atoms with Gasteiger partial charge in [-0.05, 0) is 31.8 Å². The first-order chi connectivity index (χ1) is 7.42. The number of fused-ring (bicyclic) bond motifs is 3. The Hall–Kier alpha value is -1.16. The minimum Gasteiger partial charge on any atom is -0.472 e. The highest BCUT2D eigenvalue weighted by Gasteiger charge is 2.35. The minimum atomic E-state index is 0.323. The largest absolute Gasteiger partial charge is 0.472 e. The minimum absolute atomic E-state index is 0.323. The van der Waals surface area contributed by atoms with E-state index < -0.39 is 0 Å². The molecule has 3 aliphatic rings. The Balaban J connectivity index is 1.69. The third kappa shape index (κ3) is 1.81. The van der Waals surface area contributed by atoms with Gasteiger partial charge >= 0.3 is 0 Å². The fourth-order valence-corrected chi connectivity index (χ4v) is 2.55. The van der Waals surface area contributed by atoms with Crippen molar-refractivity contribution in [1.82, 2.24) is 14.9 Å². The molecule has 0 aromatic carbocycles. The van der Waals surface area contributed by atoms with E-state index in [0.717, 1.165) is 12.5 Å². The van der Waals surface area contributed by atoms with Crippen molar-refractivity contribution in [3.05, 3.63) is 18.6 Å².